The summed E-state index contributed by atoms with van der Waals surface area (Å²) in [6.07, 6.45) is 45.1. The van der Waals surface area contributed by atoms with Gasteiger partial charge < -0.3 is 19.3 Å². The van der Waals surface area contributed by atoms with E-state index >= 15 is 0 Å². The van der Waals surface area contributed by atoms with E-state index in [1.807, 2.05) is 0 Å². The van der Waals surface area contributed by atoms with Gasteiger partial charge >= 0.3 is 19.8 Å². The number of hydrogen-bond donors (Lipinski definition) is 2. The summed E-state index contributed by atoms with van der Waals surface area (Å²) >= 11 is 0. The van der Waals surface area contributed by atoms with Gasteiger partial charge in [0.1, 0.15) is 6.61 Å². The minimum Gasteiger partial charge on any atom is -0.462 e. The number of rotatable bonds is 42. The Bertz CT molecular complexity index is 873. The molecule has 8 nitrogen and oxygen atoms in total. The minimum absolute atomic E-state index is 0.214. The molecule has 0 heterocycles. The fraction of sp³-hybridized carbons (Fsp3) is 0.909. The van der Waals surface area contributed by atoms with Gasteiger partial charge in [-0.05, 0) is 38.5 Å². The Labute approximate surface area is 327 Å². The molecular weight excluding hydrogens is 687 g/mol. The molecule has 1 unspecified atom stereocenters. The first-order valence-electron chi connectivity index (χ1n) is 22.5. The van der Waals surface area contributed by atoms with Crippen LogP contribution in [0.4, 0.5) is 0 Å². The largest absolute Gasteiger partial charge is 0.469 e. The number of carbonyl (C=O) groups is 2. The Morgan fingerprint density at radius 1 is 0.472 bits per heavy atom. The van der Waals surface area contributed by atoms with E-state index in [0.717, 1.165) is 38.5 Å². The summed E-state index contributed by atoms with van der Waals surface area (Å²) < 4.78 is 26.4. The van der Waals surface area contributed by atoms with Crippen LogP contribution in [0.2, 0.25) is 0 Å². The third-order valence-electron chi connectivity index (χ3n) is 10.0. The molecule has 53 heavy (non-hydrogen) atoms. The van der Waals surface area contributed by atoms with E-state index in [-0.39, 0.29) is 19.4 Å². The van der Waals surface area contributed by atoms with Crippen molar-refractivity contribution in [3.05, 3.63) is 12.2 Å². The zero-order valence-electron chi connectivity index (χ0n) is 34.7. The summed E-state index contributed by atoms with van der Waals surface area (Å²) in [5.41, 5.74) is 0. The summed E-state index contributed by atoms with van der Waals surface area (Å²) in [5, 5.41) is 0. The van der Waals surface area contributed by atoms with Crippen LogP contribution in [0.5, 0.6) is 0 Å². The smallest absolute Gasteiger partial charge is 0.462 e. The zero-order valence-corrected chi connectivity index (χ0v) is 35.6. The lowest BCUT2D eigenvalue weighted by Crippen LogP contribution is -2.29. The van der Waals surface area contributed by atoms with E-state index < -0.39 is 32.5 Å². The summed E-state index contributed by atoms with van der Waals surface area (Å²) in [5.74, 6) is -0.874. The van der Waals surface area contributed by atoms with E-state index in [9.17, 15) is 14.2 Å². The van der Waals surface area contributed by atoms with Gasteiger partial charge in [-0.15, -0.1) is 0 Å². The Morgan fingerprint density at radius 3 is 1.15 bits per heavy atom. The molecule has 0 amide bonds. The Hall–Kier alpha value is -1.21. The van der Waals surface area contributed by atoms with Crippen molar-refractivity contribution < 1.29 is 37.9 Å². The lowest BCUT2D eigenvalue weighted by atomic mass is 10.0. The van der Waals surface area contributed by atoms with E-state index in [1.165, 1.54) is 167 Å². The number of hydrogen-bond acceptors (Lipinski definition) is 6. The van der Waals surface area contributed by atoms with Gasteiger partial charge in [-0.3, -0.25) is 14.1 Å². The van der Waals surface area contributed by atoms with Gasteiger partial charge in [-0.1, -0.05) is 199 Å². The molecule has 0 radical (unpaired) electrons. The van der Waals surface area contributed by atoms with E-state index in [1.54, 1.807) is 0 Å². The highest BCUT2D eigenvalue weighted by molar-refractivity contribution is 7.46. The van der Waals surface area contributed by atoms with Gasteiger partial charge in [0, 0.05) is 12.8 Å². The third kappa shape index (κ3) is 43.4. The predicted molar refractivity (Wildman–Crippen MR) is 221 cm³/mol. The van der Waals surface area contributed by atoms with Crippen LogP contribution in [0.15, 0.2) is 12.2 Å². The number of phosphoric acid groups is 1. The molecule has 0 bridgehead atoms. The van der Waals surface area contributed by atoms with Gasteiger partial charge in [0.05, 0.1) is 6.61 Å². The maximum atomic E-state index is 12.4. The number of ether oxygens (including phenoxy) is 2. The van der Waals surface area contributed by atoms with Crippen LogP contribution in [0, 0.1) is 0 Å². The van der Waals surface area contributed by atoms with Crippen molar-refractivity contribution in [2.45, 2.75) is 245 Å². The molecular formula is C44H85O8P. The van der Waals surface area contributed by atoms with Crippen molar-refractivity contribution in [1.82, 2.24) is 0 Å². The second-order valence-electron chi connectivity index (χ2n) is 15.4. The number of phosphoric ester groups is 1. The van der Waals surface area contributed by atoms with Crippen LogP contribution < -0.4 is 0 Å². The topological polar surface area (TPSA) is 119 Å². The molecule has 0 spiro atoms. The normalized spacial score (nSPS) is 12.5. The maximum absolute atomic E-state index is 12.4. The van der Waals surface area contributed by atoms with Gasteiger partial charge in [0.2, 0.25) is 0 Å². The van der Waals surface area contributed by atoms with Crippen molar-refractivity contribution in [1.29, 1.82) is 0 Å². The van der Waals surface area contributed by atoms with Crippen molar-refractivity contribution in [2.24, 2.45) is 0 Å². The molecule has 9 heteroatoms. The summed E-state index contributed by atoms with van der Waals surface area (Å²) in [6.45, 7) is 3.71. The second-order valence-corrected chi connectivity index (χ2v) is 16.6. The molecule has 0 aliphatic carbocycles. The molecule has 0 saturated carbocycles. The Balaban J connectivity index is 3.84. The van der Waals surface area contributed by atoms with Crippen LogP contribution in [-0.4, -0.2) is 41.0 Å². The number of esters is 2. The SMILES string of the molecule is CCCCCCCCCC/C=C\CCCCCCCCCCCC(=O)OC(COC(=O)CCCCCCCCCCCCCCCC)COP(=O)(O)O. The summed E-state index contributed by atoms with van der Waals surface area (Å²) in [7, 11) is -4.75. The molecule has 0 saturated heterocycles. The Morgan fingerprint density at radius 2 is 0.792 bits per heavy atom. The molecule has 0 aliphatic rings. The average molecular weight is 773 g/mol. The van der Waals surface area contributed by atoms with E-state index in [2.05, 4.69) is 30.5 Å². The fourth-order valence-corrected chi connectivity index (χ4v) is 7.02. The summed E-state index contributed by atoms with van der Waals surface area (Å²) in [6, 6.07) is 0. The first kappa shape index (κ1) is 51.8. The van der Waals surface area contributed by atoms with Crippen LogP contribution in [0.1, 0.15) is 239 Å². The maximum Gasteiger partial charge on any atom is 0.469 e. The average Bonchev–Trinajstić information content (AvgIpc) is 3.13. The minimum atomic E-state index is -4.75. The lowest BCUT2D eigenvalue weighted by Gasteiger charge is -2.18. The zero-order chi connectivity index (χ0) is 38.9. The number of allylic oxidation sites excluding steroid dienone is 2. The molecule has 0 aromatic carbocycles. The molecule has 0 rings (SSSR count). The van der Waals surface area contributed by atoms with Gasteiger partial charge in [-0.25, -0.2) is 4.57 Å². The van der Waals surface area contributed by atoms with E-state index in [0.29, 0.717) is 6.42 Å². The predicted octanol–water partition coefficient (Wildman–Crippen LogP) is 13.8. The molecule has 0 aromatic heterocycles. The van der Waals surface area contributed by atoms with Crippen molar-refractivity contribution in [2.75, 3.05) is 13.2 Å². The van der Waals surface area contributed by atoms with Crippen molar-refractivity contribution in [3.8, 4) is 0 Å². The van der Waals surface area contributed by atoms with Crippen LogP contribution in [-0.2, 0) is 28.2 Å². The monoisotopic (exact) mass is 773 g/mol. The molecule has 314 valence electrons. The van der Waals surface area contributed by atoms with Crippen LogP contribution in [0.25, 0.3) is 0 Å². The molecule has 2 N–H and O–H groups in total. The lowest BCUT2D eigenvalue weighted by molar-refractivity contribution is -0.161. The molecule has 0 fully saturated rings. The molecule has 0 aromatic rings. The highest BCUT2D eigenvalue weighted by Gasteiger charge is 2.23. The number of carbonyl (C=O) groups excluding carboxylic acids is 2. The first-order valence-corrected chi connectivity index (χ1v) is 24.0. The highest BCUT2D eigenvalue weighted by atomic mass is 31.2. The number of unbranched alkanes of at least 4 members (excludes halogenated alkanes) is 30. The van der Waals surface area contributed by atoms with E-state index in [4.69, 9.17) is 19.3 Å². The summed E-state index contributed by atoms with van der Waals surface area (Å²) in [4.78, 5) is 42.9. The van der Waals surface area contributed by atoms with Crippen LogP contribution in [0.3, 0.4) is 0 Å². The quantitative estimate of drug-likeness (QED) is 0.0272. The Kier molecular flexibility index (Phi) is 39.5. The first-order chi connectivity index (χ1) is 25.8. The van der Waals surface area contributed by atoms with Crippen LogP contribution >= 0.6 is 7.82 Å². The van der Waals surface area contributed by atoms with Crippen molar-refractivity contribution >= 4 is 19.8 Å². The molecule has 0 aliphatic heterocycles. The highest BCUT2D eigenvalue weighted by Crippen LogP contribution is 2.36. The molecule has 1 atom stereocenters. The fourth-order valence-electron chi connectivity index (χ4n) is 6.66. The standard InChI is InChI=1S/C44H85O8P/c1-3-5-7-9-11-13-15-17-19-20-21-22-23-24-25-27-29-31-33-35-37-39-44(46)52-42(41-51-53(47,48)49)40-50-43(45)38-36-34-32-30-28-26-18-16-14-12-10-8-6-4-2/h20-21,42H,3-19,22-41H2,1-2H3,(H2,47,48,49)/b21-20-. The third-order valence-corrected chi connectivity index (χ3v) is 10.5. The van der Waals surface area contributed by atoms with Gasteiger partial charge in [-0.2, -0.15) is 0 Å². The van der Waals surface area contributed by atoms with Gasteiger partial charge in [0.25, 0.3) is 0 Å². The van der Waals surface area contributed by atoms with Crippen molar-refractivity contribution in [3.63, 3.8) is 0 Å². The van der Waals surface area contributed by atoms with Gasteiger partial charge in [0.15, 0.2) is 6.10 Å². The second kappa shape index (κ2) is 40.5.